The van der Waals surface area contributed by atoms with Crippen molar-refractivity contribution in [2.24, 2.45) is 0 Å². The molecule has 0 radical (unpaired) electrons. The normalized spacial score (nSPS) is 14.0. The van der Waals surface area contributed by atoms with Crippen molar-refractivity contribution in [2.75, 3.05) is 7.11 Å². The van der Waals surface area contributed by atoms with Gasteiger partial charge in [0, 0.05) is 16.8 Å². The van der Waals surface area contributed by atoms with Crippen molar-refractivity contribution in [1.29, 1.82) is 0 Å². The topological polar surface area (TPSA) is 39.4 Å². The summed E-state index contributed by atoms with van der Waals surface area (Å²) in [6, 6.07) is 7.96. The molecule has 0 unspecified atom stereocenters. The van der Waals surface area contributed by atoms with E-state index >= 15 is 0 Å². The van der Waals surface area contributed by atoms with E-state index in [1.54, 1.807) is 11.6 Å². The fourth-order valence-corrected chi connectivity index (χ4v) is 3.73. The first-order valence-corrected chi connectivity index (χ1v) is 8.28. The second-order valence-electron chi connectivity index (χ2n) is 5.93. The number of nitrogens with zero attached hydrogens (tertiary/aromatic N) is 3. The van der Waals surface area contributed by atoms with Gasteiger partial charge in [0.15, 0.2) is 5.65 Å². The van der Waals surface area contributed by atoms with E-state index in [0.29, 0.717) is 5.15 Å². The minimum Gasteiger partial charge on any atom is -0.496 e. The number of methoxy groups -OCH3 is 1. The number of aryl methyl sites for hydroxylation is 2. The Morgan fingerprint density at radius 2 is 1.96 bits per heavy atom. The van der Waals surface area contributed by atoms with Gasteiger partial charge in [0.05, 0.1) is 18.4 Å². The molecule has 0 spiro atoms. The summed E-state index contributed by atoms with van der Waals surface area (Å²) in [6.45, 7) is 1.99. The van der Waals surface area contributed by atoms with E-state index in [0.717, 1.165) is 52.3 Å². The number of halogens is 1. The highest BCUT2D eigenvalue weighted by Gasteiger charge is 2.23. The van der Waals surface area contributed by atoms with Gasteiger partial charge < -0.3 is 4.74 Å². The summed E-state index contributed by atoms with van der Waals surface area (Å²) in [7, 11) is 1.68. The van der Waals surface area contributed by atoms with Crippen molar-refractivity contribution in [3.8, 4) is 16.9 Å². The molecule has 4 nitrogen and oxygen atoms in total. The van der Waals surface area contributed by atoms with Crippen LogP contribution in [-0.2, 0) is 12.8 Å². The fraction of sp³-hybridized carbons (Fsp3) is 0.333. The second kappa shape index (κ2) is 5.53. The third kappa shape index (κ3) is 2.20. The zero-order chi connectivity index (χ0) is 16.0. The monoisotopic (exact) mass is 327 g/mol. The molecule has 4 rings (SSSR count). The van der Waals surface area contributed by atoms with Gasteiger partial charge in [-0.15, -0.1) is 0 Å². The van der Waals surface area contributed by atoms with Crippen molar-refractivity contribution < 1.29 is 4.74 Å². The van der Waals surface area contributed by atoms with Crippen LogP contribution in [0.4, 0.5) is 0 Å². The van der Waals surface area contributed by atoms with Crippen LogP contribution in [0.3, 0.4) is 0 Å². The average molecular weight is 328 g/mol. The number of para-hydroxylation sites is 1. The summed E-state index contributed by atoms with van der Waals surface area (Å²) in [5.41, 5.74) is 5.99. The number of hydrogen-bond donors (Lipinski definition) is 0. The van der Waals surface area contributed by atoms with Gasteiger partial charge in [-0.3, -0.25) is 0 Å². The van der Waals surface area contributed by atoms with Gasteiger partial charge in [-0.1, -0.05) is 29.8 Å². The van der Waals surface area contributed by atoms with Gasteiger partial charge in [0.1, 0.15) is 10.9 Å². The number of hydrogen-bond acceptors (Lipinski definition) is 3. The maximum Gasteiger partial charge on any atom is 0.165 e. The number of fused-ring (bicyclic) bond motifs is 2. The summed E-state index contributed by atoms with van der Waals surface area (Å²) in [5.74, 6) is 0.821. The molecule has 0 fully saturated rings. The zero-order valence-corrected chi connectivity index (χ0v) is 14.0. The molecule has 3 aromatic rings. The molecule has 0 aliphatic heterocycles. The summed E-state index contributed by atoms with van der Waals surface area (Å²) >= 11 is 6.64. The molecule has 0 amide bonds. The molecule has 0 N–H and O–H groups in total. The van der Waals surface area contributed by atoms with Gasteiger partial charge in [0.25, 0.3) is 0 Å². The highest BCUT2D eigenvalue weighted by molar-refractivity contribution is 6.30. The Balaban J connectivity index is 2.04. The van der Waals surface area contributed by atoms with Crippen molar-refractivity contribution in [1.82, 2.24) is 14.6 Å². The molecule has 0 atom stereocenters. The molecule has 118 valence electrons. The molecular formula is C18H18ClN3O. The van der Waals surface area contributed by atoms with Crippen LogP contribution in [-0.4, -0.2) is 21.7 Å². The quantitative estimate of drug-likeness (QED) is 0.661. The van der Waals surface area contributed by atoms with Gasteiger partial charge in [0.2, 0.25) is 0 Å². The van der Waals surface area contributed by atoms with Crippen LogP contribution in [0, 0.1) is 6.92 Å². The van der Waals surface area contributed by atoms with Gasteiger partial charge in [-0.2, -0.15) is 5.10 Å². The van der Waals surface area contributed by atoms with E-state index in [4.69, 9.17) is 21.3 Å². The molecule has 2 aromatic heterocycles. The standard InChI is InChI=1S/C18H18ClN3O/c1-11-16(13-8-4-6-10-15(13)23-2)18-20-14-9-5-3-7-12(14)17(19)22(18)21-11/h4,6,8,10H,3,5,7,9H2,1-2H3. The summed E-state index contributed by atoms with van der Waals surface area (Å²) in [6.07, 6.45) is 4.31. The number of rotatable bonds is 2. The van der Waals surface area contributed by atoms with Gasteiger partial charge in [-0.05, 0) is 38.7 Å². The zero-order valence-electron chi connectivity index (χ0n) is 13.3. The van der Waals surface area contributed by atoms with Crippen molar-refractivity contribution in [3.63, 3.8) is 0 Å². The van der Waals surface area contributed by atoms with Crippen LogP contribution in [0.2, 0.25) is 5.15 Å². The van der Waals surface area contributed by atoms with E-state index in [2.05, 4.69) is 5.10 Å². The first-order valence-electron chi connectivity index (χ1n) is 7.90. The Morgan fingerprint density at radius 3 is 2.78 bits per heavy atom. The van der Waals surface area contributed by atoms with Crippen LogP contribution < -0.4 is 4.74 Å². The van der Waals surface area contributed by atoms with Gasteiger partial charge >= 0.3 is 0 Å². The number of ether oxygens (including phenoxy) is 1. The van der Waals surface area contributed by atoms with Crippen LogP contribution in [0.25, 0.3) is 16.8 Å². The van der Waals surface area contributed by atoms with Crippen LogP contribution in [0.15, 0.2) is 24.3 Å². The van der Waals surface area contributed by atoms with E-state index < -0.39 is 0 Å². The number of benzene rings is 1. The smallest absolute Gasteiger partial charge is 0.165 e. The maximum absolute atomic E-state index is 6.64. The molecule has 1 aliphatic carbocycles. The molecule has 0 saturated heterocycles. The van der Waals surface area contributed by atoms with Crippen molar-refractivity contribution in [2.45, 2.75) is 32.6 Å². The summed E-state index contributed by atoms with van der Waals surface area (Å²) in [5, 5.41) is 5.34. The fourth-order valence-electron chi connectivity index (χ4n) is 3.41. The van der Waals surface area contributed by atoms with Gasteiger partial charge in [-0.25, -0.2) is 9.50 Å². The molecule has 2 heterocycles. The first-order chi connectivity index (χ1) is 11.2. The average Bonchev–Trinajstić information content (AvgIpc) is 2.91. The SMILES string of the molecule is COc1ccccc1-c1c(C)nn2c(Cl)c3c(nc12)CCCC3. The molecule has 1 aliphatic rings. The Kier molecular flexibility index (Phi) is 3.49. The Bertz CT molecular complexity index is 901. The Labute approximate surface area is 140 Å². The lowest BCUT2D eigenvalue weighted by Crippen LogP contribution is -2.10. The van der Waals surface area contributed by atoms with Crippen LogP contribution in [0.1, 0.15) is 29.8 Å². The lowest BCUT2D eigenvalue weighted by Gasteiger charge is -2.17. The summed E-state index contributed by atoms with van der Waals surface area (Å²) < 4.78 is 7.30. The highest BCUT2D eigenvalue weighted by Crippen LogP contribution is 2.37. The van der Waals surface area contributed by atoms with E-state index in [1.807, 2.05) is 31.2 Å². The molecule has 0 bridgehead atoms. The minimum absolute atomic E-state index is 0.703. The van der Waals surface area contributed by atoms with Crippen molar-refractivity contribution >= 4 is 17.2 Å². The molecular weight excluding hydrogens is 310 g/mol. The molecule has 5 heteroatoms. The number of aromatic nitrogens is 3. The van der Waals surface area contributed by atoms with Crippen LogP contribution in [0.5, 0.6) is 5.75 Å². The summed E-state index contributed by atoms with van der Waals surface area (Å²) in [4.78, 5) is 4.91. The highest BCUT2D eigenvalue weighted by atomic mass is 35.5. The minimum atomic E-state index is 0.703. The third-order valence-electron chi connectivity index (χ3n) is 4.53. The lowest BCUT2D eigenvalue weighted by molar-refractivity contribution is 0.416. The maximum atomic E-state index is 6.64. The predicted molar refractivity (Wildman–Crippen MR) is 91.4 cm³/mol. The molecule has 1 aromatic carbocycles. The Morgan fingerprint density at radius 1 is 1.17 bits per heavy atom. The second-order valence-corrected chi connectivity index (χ2v) is 6.29. The Hall–Kier alpha value is -2.07. The molecule has 0 saturated carbocycles. The third-order valence-corrected chi connectivity index (χ3v) is 4.92. The van der Waals surface area contributed by atoms with E-state index in [1.165, 1.54) is 12.8 Å². The van der Waals surface area contributed by atoms with Crippen LogP contribution >= 0.6 is 11.6 Å². The van der Waals surface area contributed by atoms with E-state index in [-0.39, 0.29) is 0 Å². The predicted octanol–water partition coefficient (Wildman–Crippen LogP) is 4.25. The molecule has 23 heavy (non-hydrogen) atoms. The first kappa shape index (κ1) is 14.5. The van der Waals surface area contributed by atoms with E-state index in [9.17, 15) is 0 Å². The van der Waals surface area contributed by atoms with Crippen molar-refractivity contribution in [3.05, 3.63) is 46.4 Å². The lowest BCUT2D eigenvalue weighted by atomic mass is 9.97. The largest absolute Gasteiger partial charge is 0.496 e.